The fourth-order valence-corrected chi connectivity index (χ4v) is 2.22. The van der Waals surface area contributed by atoms with Crippen LogP contribution in [0.4, 0.5) is 5.69 Å². The van der Waals surface area contributed by atoms with E-state index in [2.05, 4.69) is 5.32 Å². The quantitative estimate of drug-likeness (QED) is 0.835. The van der Waals surface area contributed by atoms with Crippen LogP contribution in [-0.2, 0) is 4.79 Å². The van der Waals surface area contributed by atoms with Gasteiger partial charge in [0.15, 0.2) is 6.61 Å². The SMILES string of the molecule is COc1ccc(C)cc1NC(=O)COc1ccc(Cl)cc1C(=O)O. The average Bonchev–Trinajstić information content (AvgIpc) is 2.53. The zero-order valence-electron chi connectivity index (χ0n) is 13.1. The number of hydrogen-bond acceptors (Lipinski definition) is 4. The molecule has 24 heavy (non-hydrogen) atoms. The first-order chi connectivity index (χ1) is 11.4. The summed E-state index contributed by atoms with van der Waals surface area (Å²) in [6, 6.07) is 9.53. The number of carboxylic acids is 1. The summed E-state index contributed by atoms with van der Waals surface area (Å²) in [6.45, 7) is 1.54. The first-order valence-corrected chi connectivity index (χ1v) is 7.38. The van der Waals surface area contributed by atoms with E-state index in [0.29, 0.717) is 11.4 Å². The van der Waals surface area contributed by atoms with Gasteiger partial charge in [0.25, 0.3) is 5.91 Å². The molecule has 0 atom stereocenters. The Morgan fingerprint density at radius 3 is 2.54 bits per heavy atom. The number of aryl methyl sites for hydroxylation is 1. The van der Waals surface area contributed by atoms with E-state index >= 15 is 0 Å². The Bertz CT molecular complexity index is 776. The maximum atomic E-state index is 12.0. The lowest BCUT2D eigenvalue weighted by Crippen LogP contribution is -2.21. The predicted molar refractivity (Wildman–Crippen MR) is 90.3 cm³/mol. The van der Waals surface area contributed by atoms with E-state index in [1.165, 1.54) is 25.3 Å². The highest BCUT2D eigenvalue weighted by molar-refractivity contribution is 6.31. The Balaban J connectivity index is 2.07. The molecule has 1 amide bonds. The van der Waals surface area contributed by atoms with Gasteiger partial charge in [0.1, 0.15) is 17.1 Å². The van der Waals surface area contributed by atoms with Gasteiger partial charge in [-0.1, -0.05) is 17.7 Å². The molecule has 0 aliphatic rings. The van der Waals surface area contributed by atoms with E-state index in [1.807, 2.05) is 13.0 Å². The summed E-state index contributed by atoms with van der Waals surface area (Å²) in [4.78, 5) is 23.2. The predicted octanol–water partition coefficient (Wildman–Crippen LogP) is 3.37. The van der Waals surface area contributed by atoms with Gasteiger partial charge in [0.2, 0.25) is 0 Å². The minimum Gasteiger partial charge on any atom is -0.495 e. The Morgan fingerprint density at radius 1 is 1.17 bits per heavy atom. The van der Waals surface area contributed by atoms with Crippen molar-refractivity contribution in [1.29, 1.82) is 0 Å². The highest BCUT2D eigenvalue weighted by Crippen LogP contribution is 2.26. The van der Waals surface area contributed by atoms with Gasteiger partial charge >= 0.3 is 5.97 Å². The largest absolute Gasteiger partial charge is 0.495 e. The van der Waals surface area contributed by atoms with Crippen molar-refractivity contribution in [1.82, 2.24) is 0 Å². The second kappa shape index (κ2) is 7.70. The smallest absolute Gasteiger partial charge is 0.339 e. The molecule has 0 bridgehead atoms. The highest BCUT2D eigenvalue weighted by Gasteiger charge is 2.14. The molecule has 2 aromatic carbocycles. The number of carboxylic acid groups (broad SMARTS) is 1. The number of benzene rings is 2. The van der Waals surface area contributed by atoms with Gasteiger partial charge < -0.3 is 19.9 Å². The van der Waals surface area contributed by atoms with Crippen LogP contribution in [0.3, 0.4) is 0 Å². The second-order valence-electron chi connectivity index (χ2n) is 4.99. The number of amides is 1. The molecule has 0 unspecified atom stereocenters. The van der Waals surface area contributed by atoms with Crippen molar-refractivity contribution in [2.45, 2.75) is 6.92 Å². The van der Waals surface area contributed by atoms with E-state index in [9.17, 15) is 9.59 Å². The van der Waals surface area contributed by atoms with Crippen molar-refractivity contribution >= 4 is 29.2 Å². The Labute approximate surface area is 144 Å². The third-order valence-corrected chi connectivity index (χ3v) is 3.39. The number of halogens is 1. The molecule has 0 aliphatic carbocycles. The first kappa shape index (κ1) is 17.6. The molecule has 0 spiro atoms. The summed E-state index contributed by atoms with van der Waals surface area (Å²) in [6.07, 6.45) is 0. The molecule has 0 radical (unpaired) electrons. The molecule has 2 N–H and O–H groups in total. The van der Waals surface area contributed by atoms with Crippen LogP contribution in [0.1, 0.15) is 15.9 Å². The number of rotatable bonds is 6. The van der Waals surface area contributed by atoms with Crippen LogP contribution in [0, 0.1) is 6.92 Å². The van der Waals surface area contributed by atoms with Gasteiger partial charge in [-0.3, -0.25) is 4.79 Å². The lowest BCUT2D eigenvalue weighted by molar-refractivity contribution is -0.118. The number of carbonyl (C=O) groups excluding carboxylic acids is 1. The van der Waals surface area contributed by atoms with Gasteiger partial charge in [-0.15, -0.1) is 0 Å². The number of methoxy groups -OCH3 is 1. The minimum absolute atomic E-state index is 0.0678. The zero-order chi connectivity index (χ0) is 17.7. The lowest BCUT2D eigenvalue weighted by Gasteiger charge is -2.12. The van der Waals surface area contributed by atoms with Gasteiger partial charge in [-0.05, 0) is 42.8 Å². The number of nitrogens with one attached hydrogen (secondary N) is 1. The summed E-state index contributed by atoms with van der Waals surface area (Å²) in [5, 5.41) is 12.1. The summed E-state index contributed by atoms with van der Waals surface area (Å²) in [5.41, 5.74) is 1.36. The number of anilines is 1. The van der Waals surface area contributed by atoms with Crippen molar-refractivity contribution in [3.63, 3.8) is 0 Å². The molecular formula is C17H16ClNO5. The summed E-state index contributed by atoms with van der Waals surface area (Å²) in [5.74, 6) is -1.04. The lowest BCUT2D eigenvalue weighted by atomic mass is 10.2. The van der Waals surface area contributed by atoms with E-state index in [4.69, 9.17) is 26.2 Å². The molecule has 0 aliphatic heterocycles. The Morgan fingerprint density at radius 2 is 1.88 bits per heavy atom. The molecule has 0 saturated heterocycles. The Hall–Kier alpha value is -2.73. The van der Waals surface area contributed by atoms with Crippen LogP contribution in [0.25, 0.3) is 0 Å². The van der Waals surface area contributed by atoms with Crippen molar-refractivity contribution in [2.24, 2.45) is 0 Å². The molecule has 126 valence electrons. The monoisotopic (exact) mass is 349 g/mol. The van der Waals surface area contributed by atoms with Gasteiger partial charge in [-0.25, -0.2) is 4.79 Å². The van der Waals surface area contributed by atoms with E-state index in [-0.39, 0.29) is 22.9 Å². The first-order valence-electron chi connectivity index (χ1n) is 7.01. The molecule has 0 aromatic heterocycles. The standard InChI is InChI=1S/C17H16ClNO5/c1-10-3-5-15(23-2)13(7-10)19-16(20)9-24-14-6-4-11(18)8-12(14)17(21)22/h3-8H,9H2,1-2H3,(H,19,20)(H,21,22). The number of ether oxygens (including phenoxy) is 2. The second-order valence-corrected chi connectivity index (χ2v) is 5.42. The van der Waals surface area contributed by atoms with Crippen LogP contribution in [-0.4, -0.2) is 30.7 Å². The number of aromatic carboxylic acids is 1. The molecule has 2 aromatic rings. The van der Waals surface area contributed by atoms with Crippen LogP contribution in [0.15, 0.2) is 36.4 Å². The van der Waals surface area contributed by atoms with Gasteiger partial charge in [-0.2, -0.15) is 0 Å². The number of hydrogen-bond donors (Lipinski definition) is 2. The van der Waals surface area contributed by atoms with Crippen LogP contribution < -0.4 is 14.8 Å². The fourth-order valence-electron chi connectivity index (χ4n) is 2.04. The molecule has 7 heteroatoms. The van der Waals surface area contributed by atoms with E-state index < -0.39 is 11.9 Å². The minimum atomic E-state index is -1.19. The van der Waals surface area contributed by atoms with Crippen molar-refractivity contribution < 1.29 is 24.2 Å². The van der Waals surface area contributed by atoms with Crippen molar-refractivity contribution in [2.75, 3.05) is 19.0 Å². The number of carbonyl (C=O) groups is 2. The van der Waals surface area contributed by atoms with Crippen LogP contribution in [0.2, 0.25) is 5.02 Å². The molecular weight excluding hydrogens is 334 g/mol. The van der Waals surface area contributed by atoms with Gasteiger partial charge in [0, 0.05) is 5.02 Å². The van der Waals surface area contributed by atoms with Crippen LogP contribution in [0.5, 0.6) is 11.5 Å². The molecule has 0 fully saturated rings. The average molecular weight is 350 g/mol. The van der Waals surface area contributed by atoms with Gasteiger partial charge in [0.05, 0.1) is 12.8 Å². The fraction of sp³-hybridized carbons (Fsp3) is 0.176. The topological polar surface area (TPSA) is 84.9 Å². The van der Waals surface area contributed by atoms with E-state index in [0.717, 1.165) is 5.56 Å². The summed E-state index contributed by atoms with van der Waals surface area (Å²) in [7, 11) is 1.50. The maximum absolute atomic E-state index is 12.0. The van der Waals surface area contributed by atoms with Crippen molar-refractivity contribution in [3.8, 4) is 11.5 Å². The van der Waals surface area contributed by atoms with Crippen LogP contribution >= 0.6 is 11.6 Å². The maximum Gasteiger partial charge on any atom is 0.339 e. The third kappa shape index (κ3) is 4.39. The molecule has 0 heterocycles. The highest BCUT2D eigenvalue weighted by atomic mass is 35.5. The Kier molecular flexibility index (Phi) is 5.65. The van der Waals surface area contributed by atoms with E-state index in [1.54, 1.807) is 12.1 Å². The summed E-state index contributed by atoms with van der Waals surface area (Å²) >= 11 is 5.77. The summed E-state index contributed by atoms with van der Waals surface area (Å²) < 4.78 is 10.5. The molecule has 0 saturated carbocycles. The normalized spacial score (nSPS) is 10.1. The van der Waals surface area contributed by atoms with Crippen molar-refractivity contribution in [3.05, 3.63) is 52.5 Å². The molecule has 6 nitrogen and oxygen atoms in total. The molecule has 2 rings (SSSR count). The third-order valence-electron chi connectivity index (χ3n) is 3.16. The zero-order valence-corrected chi connectivity index (χ0v) is 13.9.